The number of carbonyl (C=O) groups excluding carboxylic acids is 3. The highest BCUT2D eigenvalue weighted by molar-refractivity contribution is 8.18. The van der Waals surface area contributed by atoms with Crippen molar-refractivity contribution < 1.29 is 18.8 Å². The van der Waals surface area contributed by atoms with E-state index in [-0.39, 0.29) is 28.3 Å². The molecule has 1 aromatic carbocycles. The van der Waals surface area contributed by atoms with Crippen LogP contribution in [0, 0.1) is 0 Å². The smallest absolute Gasteiger partial charge is 0.294 e. The largest absolute Gasteiger partial charge is 0.463 e. The van der Waals surface area contributed by atoms with Gasteiger partial charge < -0.3 is 9.32 Å². The number of amides is 3. The van der Waals surface area contributed by atoms with Crippen molar-refractivity contribution in [2.75, 3.05) is 19.6 Å². The number of rotatable bonds is 3. The molecule has 0 unspecified atom stereocenters. The number of hydrogen-bond acceptors (Lipinski definition) is 6. The Morgan fingerprint density at radius 3 is 2.64 bits per heavy atom. The minimum atomic E-state index is -0.562. The molecule has 7 nitrogen and oxygen atoms in total. The van der Waals surface area contributed by atoms with Crippen LogP contribution in [0.4, 0.5) is 4.79 Å². The van der Waals surface area contributed by atoms with Gasteiger partial charge in [0.1, 0.15) is 18.4 Å². The minimum absolute atomic E-state index is 0.110. The van der Waals surface area contributed by atoms with Crippen molar-refractivity contribution >= 4 is 45.9 Å². The molecule has 2 fully saturated rings. The zero-order valence-corrected chi connectivity index (χ0v) is 15.9. The first-order valence-corrected chi connectivity index (χ1v) is 9.90. The molecular formula is C20H18N2O5S. The lowest BCUT2D eigenvalue weighted by atomic mass is 10.1. The molecule has 144 valence electrons. The van der Waals surface area contributed by atoms with Gasteiger partial charge in [-0.3, -0.25) is 24.1 Å². The van der Waals surface area contributed by atoms with Crippen LogP contribution in [0.15, 0.2) is 44.6 Å². The maximum absolute atomic E-state index is 12.6. The van der Waals surface area contributed by atoms with Crippen LogP contribution < -0.4 is 5.43 Å². The summed E-state index contributed by atoms with van der Waals surface area (Å²) < 4.78 is 5.44. The van der Waals surface area contributed by atoms with Gasteiger partial charge in [0.25, 0.3) is 11.1 Å². The molecule has 2 saturated heterocycles. The van der Waals surface area contributed by atoms with E-state index in [0.717, 1.165) is 35.9 Å². The van der Waals surface area contributed by atoms with Crippen molar-refractivity contribution in [3.8, 4) is 0 Å². The monoisotopic (exact) mass is 398 g/mol. The summed E-state index contributed by atoms with van der Waals surface area (Å²) in [6.45, 7) is 1.04. The number of likely N-dealkylation sites (tertiary alicyclic amines) is 1. The Hall–Kier alpha value is -2.87. The molecule has 0 radical (unpaired) electrons. The van der Waals surface area contributed by atoms with Crippen molar-refractivity contribution in [2.45, 2.75) is 19.3 Å². The second-order valence-electron chi connectivity index (χ2n) is 6.73. The molecule has 0 saturated carbocycles. The third-order valence-electron chi connectivity index (χ3n) is 4.87. The van der Waals surface area contributed by atoms with E-state index in [9.17, 15) is 19.2 Å². The van der Waals surface area contributed by atoms with E-state index in [0.29, 0.717) is 24.1 Å². The summed E-state index contributed by atoms with van der Waals surface area (Å²) in [4.78, 5) is 52.6. The SMILES string of the molecule is O=C(CN1C(=O)S/C(=C\c2coc3ccccc3c2=O)C1=O)N1CCCCC1. The van der Waals surface area contributed by atoms with Crippen LogP contribution in [0.1, 0.15) is 24.8 Å². The fourth-order valence-corrected chi connectivity index (χ4v) is 4.18. The van der Waals surface area contributed by atoms with E-state index >= 15 is 0 Å². The van der Waals surface area contributed by atoms with E-state index < -0.39 is 11.1 Å². The average molecular weight is 398 g/mol. The molecule has 2 aliphatic heterocycles. The Bertz CT molecular complexity index is 1050. The second kappa shape index (κ2) is 7.63. The fraction of sp³-hybridized carbons (Fsp3) is 0.300. The Kier molecular flexibility index (Phi) is 5.04. The molecule has 4 rings (SSSR count). The third kappa shape index (κ3) is 3.47. The van der Waals surface area contributed by atoms with Crippen LogP contribution in [0.25, 0.3) is 17.0 Å². The van der Waals surface area contributed by atoms with Gasteiger partial charge in [0.2, 0.25) is 5.91 Å². The summed E-state index contributed by atoms with van der Waals surface area (Å²) in [5, 5.41) is -0.109. The van der Waals surface area contributed by atoms with E-state index in [2.05, 4.69) is 0 Å². The van der Waals surface area contributed by atoms with Gasteiger partial charge in [0.15, 0.2) is 5.43 Å². The van der Waals surface area contributed by atoms with Crippen molar-refractivity contribution in [3.05, 3.63) is 51.2 Å². The molecule has 3 amide bonds. The maximum atomic E-state index is 12.6. The summed E-state index contributed by atoms with van der Waals surface area (Å²) in [6, 6.07) is 6.81. The van der Waals surface area contributed by atoms with Gasteiger partial charge in [0, 0.05) is 13.1 Å². The molecule has 28 heavy (non-hydrogen) atoms. The van der Waals surface area contributed by atoms with Crippen LogP contribution in [0.3, 0.4) is 0 Å². The maximum Gasteiger partial charge on any atom is 0.294 e. The van der Waals surface area contributed by atoms with E-state index in [1.54, 1.807) is 29.2 Å². The predicted octanol–water partition coefficient (Wildman–Crippen LogP) is 2.84. The number of benzene rings is 1. The first-order chi connectivity index (χ1) is 13.5. The molecule has 3 heterocycles. The molecule has 0 aliphatic carbocycles. The fourth-order valence-electron chi connectivity index (χ4n) is 3.35. The molecular weight excluding hydrogens is 380 g/mol. The van der Waals surface area contributed by atoms with E-state index in [1.165, 1.54) is 12.3 Å². The number of thioether (sulfide) groups is 1. The minimum Gasteiger partial charge on any atom is -0.463 e. The van der Waals surface area contributed by atoms with Gasteiger partial charge >= 0.3 is 0 Å². The van der Waals surface area contributed by atoms with E-state index in [1.807, 2.05) is 0 Å². The summed E-state index contributed by atoms with van der Waals surface area (Å²) in [5.74, 6) is -0.790. The zero-order chi connectivity index (χ0) is 19.7. The standard InChI is InChI=1S/C20H18N2O5S/c23-17(21-8-4-1-5-9-21)11-22-19(25)16(28-20(22)26)10-13-12-27-15-7-3-2-6-14(15)18(13)24/h2-3,6-7,10,12H,1,4-5,8-9,11H2/b16-10-. The molecule has 0 spiro atoms. The highest BCUT2D eigenvalue weighted by atomic mass is 32.2. The van der Waals surface area contributed by atoms with Crippen molar-refractivity contribution in [2.24, 2.45) is 0 Å². The summed E-state index contributed by atoms with van der Waals surface area (Å²) >= 11 is 0.727. The lowest BCUT2D eigenvalue weighted by Gasteiger charge is -2.27. The Morgan fingerprint density at radius 2 is 1.86 bits per heavy atom. The number of nitrogens with zero attached hydrogens (tertiary/aromatic N) is 2. The molecule has 0 N–H and O–H groups in total. The van der Waals surface area contributed by atoms with Crippen LogP contribution in [0.2, 0.25) is 0 Å². The van der Waals surface area contributed by atoms with Crippen LogP contribution in [-0.4, -0.2) is 46.5 Å². The van der Waals surface area contributed by atoms with Gasteiger partial charge in [-0.05, 0) is 49.2 Å². The Labute approximate surface area is 165 Å². The van der Waals surface area contributed by atoms with Gasteiger partial charge in [-0.15, -0.1) is 0 Å². The molecule has 8 heteroatoms. The van der Waals surface area contributed by atoms with Crippen molar-refractivity contribution in [1.82, 2.24) is 9.80 Å². The normalized spacial score (nSPS) is 19.1. The molecule has 1 aromatic heterocycles. The van der Waals surface area contributed by atoms with Gasteiger partial charge in [-0.1, -0.05) is 12.1 Å². The number of hydrogen-bond donors (Lipinski definition) is 0. The molecule has 2 aliphatic rings. The number of para-hydroxylation sites is 1. The first-order valence-electron chi connectivity index (χ1n) is 9.08. The lowest BCUT2D eigenvalue weighted by molar-refractivity contribution is -0.136. The third-order valence-corrected chi connectivity index (χ3v) is 5.78. The van der Waals surface area contributed by atoms with Crippen molar-refractivity contribution in [3.63, 3.8) is 0 Å². The number of carbonyl (C=O) groups is 3. The molecule has 0 atom stereocenters. The summed E-state index contributed by atoms with van der Waals surface area (Å²) in [6.07, 6.45) is 5.59. The number of piperidine rings is 1. The quantitative estimate of drug-likeness (QED) is 0.739. The molecule has 0 bridgehead atoms. The van der Waals surface area contributed by atoms with Crippen molar-refractivity contribution in [1.29, 1.82) is 0 Å². The van der Waals surface area contributed by atoms with Crippen LogP contribution >= 0.6 is 11.8 Å². The molecule has 2 aromatic rings. The van der Waals surface area contributed by atoms with Crippen LogP contribution in [0.5, 0.6) is 0 Å². The number of imide groups is 1. The van der Waals surface area contributed by atoms with Crippen LogP contribution in [-0.2, 0) is 9.59 Å². The van der Waals surface area contributed by atoms with E-state index in [4.69, 9.17) is 4.42 Å². The predicted molar refractivity (Wildman–Crippen MR) is 106 cm³/mol. The van der Waals surface area contributed by atoms with Gasteiger partial charge in [0.05, 0.1) is 15.9 Å². The van der Waals surface area contributed by atoms with Gasteiger partial charge in [-0.2, -0.15) is 0 Å². The average Bonchev–Trinajstić information content (AvgIpc) is 2.98. The topological polar surface area (TPSA) is 87.9 Å². The highest BCUT2D eigenvalue weighted by Crippen LogP contribution is 2.32. The first kappa shape index (κ1) is 18.5. The zero-order valence-electron chi connectivity index (χ0n) is 15.1. The summed E-state index contributed by atoms with van der Waals surface area (Å²) in [7, 11) is 0. The Morgan fingerprint density at radius 1 is 1.11 bits per heavy atom. The highest BCUT2D eigenvalue weighted by Gasteiger charge is 2.37. The summed E-state index contributed by atoms with van der Waals surface area (Å²) in [5.41, 5.74) is 0.356. The Balaban J connectivity index is 1.56. The lowest BCUT2D eigenvalue weighted by Crippen LogP contribution is -2.44. The number of fused-ring (bicyclic) bond motifs is 1. The second-order valence-corrected chi connectivity index (χ2v) is 7.72. The van der Waals surface area contributed by atoms with Gasteiger partial charge in [-0.25, -0.2) is 0 Å².